The van der Waals surface area contributed by atoms with Gasteiger partial charge in [0.1, 0.15) is 11.6 Å². The van der Waals surface area contributed by atoms with Gasteiger partial charge in [0, 0.05) is 22.2 Å². The molecule has 3 aromatic rings. The van der Waals surface area contributed by atoms with Crippen LogP contribution in [0.3, 0.4) is 0 Å². The van der Waals surface area contributed by atoms with Crippen molar-refractivity contribution in [3.05, 3.63) is 100 Å². The highest BCUT2D eigenvalue weighted by Crippen LogP contribution is 2.24. The Morgan fingerprint density at radius 2 is 1.58 bits per heavy atom. The molecule has 130 valence electrons. The summed E-state index contributed by atoms with van der Waals surface area (Å²) in [4.78, 5) is 25.0. The van der Waals surface area contributed by atoms with E-state index < -0.39 is 17.5 Å². The smallest absolute Gasteiger partial charge is 0.258 e. The number of amides is 1. The summed E-state index contributed by atoms with van der Waals surface area (Å²) in [5, 5.41) is 2.80. The molecule has 0 radical (unpaired) electrons. The van der Waals surface area contributed by atoms with Crippen molar-refractivity contribution in [2.75, 3.05) is 5.32 Å². The van der Waals surface area contributed by atoms with Crippen LogP contribution in [0.4, 0.5) is 14.5 Å². The van der Waals surface area contributed by atoms with E-state index in [-0.39, 0.29) is 22.6 Å². The minimum Gasteiger partial charge on any atom is -0.321 e. The number of ketones is 1. The maximum Gasteiger partial charge on any atom is 0.258 e. The molecule has 0 aliphatic rings. The summed E-state index contributed by atoms with van der Waals surface area (Å²) < 4.78 is 26.8. The lowest BCUT2D eigenvalue weighted by Crippen LogP contribution is -2.16. The molecule has 0 atom stereocenters. The predicted molar refractivity (Wildman–Crippen MR) is 95.6 cm³/mol. The summed E-state index contributed by atoms with van der Waals surface area (Å²) in [6.07, 6.45) is 0. The minimum absolute atomic E-state index is 0.166. The van der Waals surface area contributed by atoms with Gasteiger partial charge in [0.2, 0.25) is 0 Å². The van der Waals surface area contributed by atoms with E-state index in [0.29, 0.717) is 16.7 Å². The number of rotatable bonds is 4. The number of carbonyl (C=O) groups is 2. The van der Waals surface area contributed by atoms with Crippen molar-refractivity contribution in [2.45, 2.75) is 0 Å². The number of halogens is 3. The fourth-order valence-corrected chi connectivity index (χ4v) is 2.59. The van der Waals surface area contributed by atoms with E-state index in [1.54, 1.807) is 30.3 Å². The molecule has 0 aliphatic heterocycles. The van der Waals surface area contributed by atoms with Crippen LogP contribution in [0.1, 0.15) is 26.3 Å². The molecule has 0 aliphatic carbocycles. The molecule has 0 bridgehead atoms. The first-order valence-corrected chi connectivity index (χ1v) is 7.99. The van der Waals surface area contributed by atoms with Gasteiger partial charge in [-0.2, -0.15) is 0 Å². The van der Waals surface area contributed by atoms with E-state index in [0.717, 1.165) is 12.1 Å². The zero-order valence-corrected chi connectivity index (χ0v) is 14.1. The Morgan fingerprint density at radius 1 is 0.846 bits per heavy atom. The highest BCUT2D eigenvalue weighted by molar-refractivity contribution is 6.31. The lowest BCUT2D eigenvalue weighted by atomic mass is 10.0. The number of nitrogens with one attached hydrogen (secondary N) is 1. The van der Waals surface area contributed by atoms with Gasteiger partial charge in [-0.05, 0) is 30.3 Å². The van der Waals surface area contributed by atoms with Crippen molar-refractivity contribution in [3.8, 4) is 0 Å². The SMILES string of the molecule is O=C(Nc1ccc(Cl)cc1C(=O)c1ccccc1)c1ccc(F)cc1F. The Kier molecular flexibility index (Phi) is 5.09. The molecule has 0 heterocycles. The van der Waals surface area contributed by atoms with Gasteiger partial charge in [-0.15, -0.1) is 0 Å². The van der Waals surface area contributed by atoms with Gasteiger partial charge in [0.05, 0.1) is 11.3 Å². The molecule has 0 saturated heterocycles. The van der Waals surface area contributed by atoms with Crippen LogP contribution < -0.4 is 5.32 Å². The Bertz CT molecular complexity index is 990. The molecular weight excluding hydrogens is 360 g/mol. The minimum atomic E-state index is -0.993. The van der Waals surface area contributed by atoms with Gasteiger partial charge in [0.25, 0.3) is 5.91 Å². The zero-order valence-electron chi connectivity index (χ0n) is 13.3. The van der Waals surface area contributed by atoms with Crippen LogP contribution >= 0.6 is 11.6 Å². The maximum absolute atomic E-state index is 13.8. The molecule has 0 aromatic heterocycles. The van der Waals surface area contributed by atoms with Gasteiger partial charge in [-0.3, -0.25) is 9.59 Å². The largest absolute Gasteiger partial charge is 0.321 e. The number of carbonyl (C=O) groups excluding carboxylic acids is 2. The fraction of sp³-hybridized carbons (Fsp3) is 0. The number of benzene rings is 3. The summed E-state index contributed by atoms with van der Waals surface area (Å²) >= 11 is 5.98. The van der Waals surface area contributed by atoms with Gasteiger partial charge < -0.3 is 5.32 Å². The van der Waals surface area contributed by atoms with Crippen molar-refractivity contribution < 1.29 is 18.4 Å². The average molecular weight is 372 g/mol. The van der Waals surface area contributed by atoms with E-state index in [1.807, 2.05) is 0 Å². The molecule has 0 unspecified atom stereocenters. The Balaban J connectivity index is 1.95. The summed E-state index contributed by atoms with van der Waals surface area (Å²) in [6.45, 7) is 0. The van der Waals surface area contributed by atoms with E-state index in [2.05, 4.69) is 5.32 Å². The molecule has 0 fully saturated rings. The first kappa shape index (κ1) is 17.8. The van der Waals surface area contributed by atoms with Crippen molar-refractivity contribution in [1.82, 2.24) is 0 Å². The molecule has 3 nitrogen and oxygen atoms in total. The monoisotopic (exact) mass is 371 g/mol. The number of hydrogen-bond donors (Lipinski definition) is 1. The summed E-state index contributed by atoms with van der Waals surface area (Å²) in [7, 11) is 0. The molecule has 26 heavy (non-hydrogen) atoms. The molecule has 0 spiro atoms. The van der Waals surface area contributed by atoms with Crippen LogP contribution in [0.15, 0.2) is 66.7 Å². The third-order valence-electron chi connectivity index (χ3n) is 3.69. The Labute approximate surface area is 153 Å². The third kappa shape index (κ3) is 3.78. The second-order valence-electron chi connectivity index (χ2n) is 5.46. The standard InChI is InChI=1S/C20H12ClF2NO2/c21-13-6-9-18(16(10-13)19(25)12-4-2-1-3-5-12)24-20(26)15-8-7-14(22)11-17(15)23/h1-11H,(H,24,26). The summed E-state index contributed by atoms with van der Waals surface area (Å²) in [5.74, 6) is -2.92. The van der Waals surface area contributed by atoms with Crippen LogP contribution in [0.2, 0.25) is 5.02 Å². The second-order valence-corrected chi connectivity index (χ2v) is 5.90. The van der Waals surface area contributed by atoms with Gasteiger partial charge in [0.15, 0.2) is 5.78 Å². The van der Waals surface area contributed by atoms with Crippen LogP contribution in [0.25, 0.3) is 0 Å². The predicted octanol–water partition coefficient (Wildman–Crippen LogP) is 5.10. The highest BCUT2D eigenvalue weighted by atomic mass is 35.5. The molecule has 6 heteroatoms. The van der Waals surface area contributed by atoms with E-state index in [1.165, 1.54) is 18.2 Å². The third-order valence-corrected chi connectivity index (χ3v) is 3.92. The lowest BCUT2D eigenvalue weighted by Gasteiger charge is -2.12. The van der Waals surface area contributed by atoms with Crippen molar-refractivity contribution >= 4 is 29.0 Å². The first-order valence-electron chi connectivity index (χ1n) is 7.61. The van der Waals surface area contributed by atoms with Gasteiger partial charge >= 0.3 is 0 Å². The van der Waals surface area contributed by atoms with Crippen LogP contribution in [-0.2, 0) is 0 Å². The second kappa shape index (κ2) is 7.45. The van der Waals surface area contributed by atoms with Crippen molar-refractivity contribution in [3.63, 3.8) is 0 Å². The summed E-state index contributed by atoms with van der Waals surface area (Å²) in [5.41, 5.74) is 0.425. The Morgan fingerprint density at radius 3 is 2.27 bits per heavy atom. The molecular formula is C20H12ClF2NO2. The molecule has 3 aromatic carbocycles. The fourth-order valence-electron chi connectivity index (χ4n) is 2.42. The highest BCUT2D eigenvalue weighted by Gasteiger charge is 2.18. The van der Waals surface area contributed by atoms with Gasteiger partial charge in [-0.1, -0.05) is 41.9 Å². The molecule has 1 amide bonds. The number of anilines is 1. The average Bonchev–Trinajstić information content (AvgIpc) is 2.63. The molecule has 3 rings (SSSR count). The first-order chi connectivity index (χ1) is 12.5. The van der Waals surface area contributed by atoms with E-state index in [9.17, 15) is 18.4 Å². The maximum atomic E-state index is 13.8. The van der Waals surface area contributed by atoms with E-state index in [4.69, 9.17) is 11.6 Å². The van der Waals surface area contributed by atoms with E-state index >= 15 is 0 Å². The van der Waals surface area contributed by atoms with Gasteiger partial charge in [-0.25, -0.2) is 8.78 Å². The van der Waals surface area contributed by atoms with Crippen LogP contribution in [0.5, 0.6) is 0 Å². The van der Waals surface area contributed by atoms with Crippen molar-refractivity contribution in [1.29, 1.82) is 0 Å². The summed E-state index contributed by atoms with van der Waals surface area (Å²) in [6, 6.07) is 15.5. The van der Waals surface area contributed by atoms with Crippen LogP contribution in [0, 0.1) is 11.6 Å². The zero-order chi connectivity index (χ0) is 18.7. The number of hydrogen-bond acceptors (Lipinski definition) is 2. The molecule has 0 saturated carbocycles. The topological polar surface area (TPSA) is 46.2 Å². The molecule has 1 N–H and O–H groups in total. The normalized spacial score (nSPS) is 10.4. The quantitative estimate of drug-likeness (QED) is 0.648. The van der Waals surface area contributed by atoms with Crippen molar-refractivity contribution in [2.24, 2.45) is 0 Å². The lowest BCUT2D eigenvalue weighted by molar-refractivity contribution is 0.102. The van der Waals surface area contributed by atoms with Crippen LogP contribution in [-0.4, -0.2) is 11.7 Å². The Hall–Kier alpha value is -3.05.